The summed E-state index contributed by atoms with van der Waals surface area (Å²) in [4.78, 5) is 32.8. The third kappa shape index (κ3) is 5.02. The number of aryl methyl sites for hydroxylation is 2. The van der Waals surface area contributed by atoms with Gasteiger partial charge in [0.15, 0.2) is 0 Å². The van der Waals surface area contributed by atoms with Gasteiger partial charge in [-0.05, 0) is 40.2 Å². The van der Waals surface area contributed by atoms with Gasteiger partial charge in [-0.3, -0.25) is 4.98 Å². The predicted octanol–water partition coefficient (Wildman–Crippen LogP) is 2.07. The lowest BCUT2D eigenvalue weighted by atomic mass is 10.1. The van der Waals surface area contributed by atoms with Crippen LogP contribution in [-0.2, 0) is 17.7 Å². The standard InChI is InChI=1S/C18H24N6O3/c1-11-20-15-6-5-13(10-24(15)23-11)21-17(26)22-14-7-12(8-19-9-14)16(25)27-18(2,3)4/h7-9,13H,5-6,10H2,1-4H3,(H2,21,22,26). The Balaban J connectivity index is 1.58. The van der Waals surface area contributed by atoms with Gasteiger partial charge in [-0.25, -0.2) is 19.3 Å². The van der Waals surface area contributed by atoms with Gasteiger partial charge in [-0.1, -0.05) is 0 Å². The van der Waals surface area contributed by atoms with E-state index in [1.807, 2.05) is 11.6 Å². The number of ether oxygens (including phenoxy) is 1. The van der Waals surface area contributed by atoms with Gasteiger partial charge in [0.1, 0.15) is 17.2 Å². The number of urea groups is 1. The fraction of sp³-hybridized carbons (Fsp3) is 0.500. The van der Waals surface area contributed by atoms with E-state index in [0.717, 1.165) is 24.5 Å². The molecule has 2 N–H and O–H groups in total. The lowest BCUT2D eigenvalue weighted by molar-refractivity contribution is 0.00690. The zero-order valence-corrected chi connectivity index (χ0v) is 15.9. The Morgan fingerprint density at radius 2 is 2.07 bits per heavy atom. The van der Waals surface area contributed by atoms with Crippen molar-refractivity contribution in [2.24, 2.45) is 0 Å². The van der Waals surface area contributed by atoms with Crippen molar-refractivity contribution < 1.29 is 14.3 Å². The molecule has 0 spiro atoms. The summed E-state index contributed by atoms with van der Waals surface area (Å²) in [5, 5.41) is 9.96. The number of aromatic nitrogens is 4. The minimum absolute atomic E-state index is 0.0411. The highest BCUT2D eigenvalue weighted by molar-refractivity contribution is 5.93. The van der Waals surface area contributed by atoms with Crippen molar-refractivity contribution in [3.63, 3.8) is 0 Å². The largest absolute Gasteiger partial charge is 0.456 e. The van der Waals surface area contributed by atoms with Gasteiger partial charge in [0.05, 0.1) is 30.0 Å². The van der Waals surface area contributed by atoms with Gasteiger partial charge < -0.3 is 15.4 Å². The normalized spacial score (nSPS) is 16.4. The highest BCUT2D eigenvalue weighted by Gasteiger charge is 2.23. The Bertz CT molecular complexity index is 855. The number of nitrogens with zero attached hydrogens (tertiary/aromatic N) is 4. The maximum absolute atomic E-state index is 12.3. The van der Waals surface area contributed by atoms with Crippen molar-refractivity contribution in [1.29, 1.82) is 0 Å². The lowest BCUT2D eigenvalue weighted by Gasteiger charge is -2.23. The summed E-state index contributed by atoms with van der Waals surface area (Å²) >= 11 is 0. The maximum Gasteiger partial charge on any atom is 0.340 e. The quantitative estimate of drug-likeness (QED) is 0.798. The average Bonchev–Trinajstić information content (AvgIpc) is 2.92. The molecule has 0 bridgehead atoms. The first kappa shape index (κ1) is 18.8. The van der Waals surface area contributed by atoms with Crippen molar-refractivity contribution in [1.82, 2.24) is 25.1 Å². The van der Waals surface area contributed by atoms with E-state index in [9.17, 15) is 9.59 Å². The number of anilines is 1. The molecule has 0 radical (unpaired) electrons. The Labute approximate surface area is 157 Å². The molecule has 2 aromatic heterocycles. The zero-order valence-electron chi connectivity index (χ0n) is 15.9. The highest BCUT2D eigenvalue weighted by atomic mass is 16.6. The maximum atomic E-state index is 12.3. The van der Waals surface area contributed by atoms with Crippen LogP contribution in [0.15, 0.2) is 18.5 Å². The monoisotopic (exact) mass is 372 g/mol. The summed E-state index contributed by atoms with van der Waals surface area (Å²) in [7, 11) is 0. The summed E-state index contributed by atoms with van der Waals surface area (Å²) in [6.45, 7) is 7.81. The first-order valence-electron chi connectivity index (χ1n) is 8.86. The van der Waals surface area contributed by atoms with Gasteiger partial charge in [-0.2, -0.15) is 5.10 Å². The van der Waals surface area contributed by atoms with Crippen LogP contribution in [0, 0.1) is 6.92 Å². The second kappa shape index (κ2) is 7.34. The summed E-state index contributed by atoms with van der Waals surface area (Å²) in [6.07, 6.45) is 4.45. The smallest absolute Gasteiger partial charge is 0.340 e. The molecule has 1 unspecified atom stereocenters. The van der Waals surface area contributed by atoms with Crippen molar-refractivity contribution >= 4 is 17.7 Å². The molecule has 144 valence electrons. The Kier molecular flexibility index (Phi) is 5.11. The molecule has 0 saturated heterocycles. The van der Waals surface area contributed by atoms with E-state index in [1.54, 1.807) is 26.8 Å². The van der Waals surface area contributed by atoms with Crippen LogP contribution >= 0.6 is 0 Å². The van der Waals surface area contributed by atoms with Crippen LogP contribution in [0.4, 0.5) is 10.5 Å². The minimum Gasteiger partial charge on any atom is -0.456 e. The number of pyridine rings is 1. The fourth-order valence-electron chi connectivity index (χ4n) is 2.86. The molecule has 3 heterocycles. The highest BCUT2D eigenvalue weighted by Crippen LogP contribution is 2.16. The predicted molar refractivity (Wildman–Crippen MR) is 98.4 cm³/mol. The number of carbonyl (C=O) groups excluding carboxylic acids is 2. The molecule has 1 aliphatic heterocycles. The zero-order chi connectivity index (χ0) is 19.6. The molecule has 2 amide bonds. The first-order valence-corrected chi connectivity index (χ1v) is 8.86. The topological polar surface area (TPSA) is 111 Å². The van der Waals surface area contributed by atoms with E-state index < -0.39 is 11.6 Å². The van der Waals surface area contributed by atoms with Crippen LogP contribution in [0.1, 0.15) is 49.2 Å². The van der Waals surface area contributed by atoms with Crippen molar-refractivity contribution in [3.8, 4) is 0 Å². The number of nitrogens with one attached hydrogen (secondary N) is 2. The van der Waals surface area contributed by atoms with Crippen molar-refractivity contribution in [2.45, 2.75) is 58.7 Å². The van der Waals surface area contributed by atoms with E-state index in [1.165, 1.54) is 12.4 Å². The van der Waals surface area contributed by atoms with Crippen molar-refractivity contribution in [2.75, 3.05) is 5.32 Å². The number of fused-ring (bicyclic) bond motifs is 1. The summed E-state index contributed by atoms with van der Waals surface area (Å²) in [5.41, 5.74) is 0.101. The molecule has 0 saturated carbocycles. The fourth-order valence-corrected chi connectivity index (χ4v) is 2.86. The molecule has 0 aromatic carbocycles. The second-order valence-electron chi connectivity index (χ2n) is 7.56. The van der Waals surface area contributed by atoms with E-state index in [4.69, 9.17) is 4.74 Å². The van der Waals surface area contributed by atoms with E-state index in [2.05, 4.69) is 25.7 Å². The number of carbonyl (C=O) groups is 2. The second-order valence-corrected chi connectivity index (χ2v) is 7.56. The number of rotatable bonds is 3. The SMILES string of the molecule is Cc1nc2n(n1)CC(NC(=O)Nc1cncc(C(=O)OC(C)(C)C)c1)CC2. The number of esters is 1. The number of hydrogen-bond acceptors (Lipinski definition) is 6. The molecule has 3 rings (SSSR count). The third-order valence-electron chi connectivity index (χ3n) is 3.93. The molecule has 9 nitrogen and oxygen atoms in total. The Morgan fingerprint density at radius 1 is 1.30 bits per heavy atom. The van der Waals surface area contributed by atoms with Crippen LogP contribution in [0.25, 0.3) is 0 Å². The van der Waals surface area contributed by atoms with Gasteiger partial charge >= 0.3 is 12.0 Å². The van der Waals surface area contributed by atoms with Crippen LogP contribution in [0.5, 0.6) is 0 Å². The molecule has 0 aliphatic carbocycles. The molecule has 9 heteroatoms. The van der Waals surface area contributed by atoms with Gasteiger partial charge in [-0.15, -0.1) is 0 Å². The van der Waals surface area contributed by atoms with E-state index in [0.29, 0.717) is 12.2 Å². The van der Waals surface area contributed by atoms with Crippen LogP contribution in [-0.4, -0.2) is 43.4 Å². The van der Waals surface area contributed by atoms with Gasteiger partial charge in [0.25, 0.3) is 0 Å². The summed E-state index contributed by atoms with van der Waals surface area (Å²) in [6, 6.07) is 1.14. The van der Waals surface area contributed by atoms with Gasteiger partial charge in [0, 0.05) is 12.6 Å². The first-order chi connectivity index (χ1) is 12.7. The molecule has 1 atom stereocenters. The Morgan fingerprint density at radius 3 is 2.81 bits per heavy atom. The molecule has 0 fully saturated rings. The molecule has 27 heavy (non-hydrogen) atoms. The molecular formula is C18H24N6O3. The molecule has 2 aromatic rings. The summed E-state index contributed by atoms with van der Waals surface area (Å²) < 4.78 is 7.15. The van der Waals surface area contributed by atoms with Crippen molar-refractivity contribution in [3.05, 3.63) is 35.7 Å². The van der Waals surface area contributed by atoms with Gasteiger partial charge in [0.2, 0.25) is 0 Å². The van der Waals surface area contributed by atoms with E-state index >= 15 is 0 Å². The van der Waals surface area contributed by atoms with Crippen LogP contribution < -0.4 is 10.6 Å². The minimum atomic E-state index is -0.600. The third-order valence-corrected chi connectivity index (χ3v) is 3.93. The number of amides is 2. The molecular weight excluding hydrogens is 348 g/mol. The van der Waals surface area contributed by atoms with Crippen LogP contribution in [0.3, 0.4) is 0 Å². The molecule has 1 aliphatic rings. The average molecular weight is 372 g/mol. The Hall–Kier alpha value is -2.97. The lowest BCUT2D eigenvalue weighted by Crippen LogP contribution is -2.43. The van der Waals surface area contributed by atoms with E-state index in [-0.39, 0.29) is 17.6 Å². The number of hydrogen-bond donors (Lipinski definition) is 2. The van der Waals surface area contributed by atoms with Crippen LogP contribution in [0.2, 0.25) is 0 Å². The summed E-state index contributed by atoms with van der Waals surface area (Å²) in [5.74, 6) is 1.20.